The highest BCUT2D eigenvalue weighted by Crippen LogP contribution is 2.19. The van der Waals surface area contributed by atoms with Crippen LogP contribution in [0.5, 0.6) is 0 Å². The van der Waals surface area contributed by atoms with Gasteiger partial charge in [0.1, 0.15) is 5.82 Å². The molecule has 3 heteroatoms. The maximum absolute atomic E-state index is 12.3. The summed E-state index contributed by atoms with van der Waals surface area (Å²) < 4.78 is 12.3. The van der Waals surface area contributed by atoms with E-state index < -0.39 is 0 Å². The van der Waals surface area contributed by atoms with Crippen LogP contribution in [0.3, 0.4) is 0 Å². The molecule has 1 rings (SSSR count). The van der Waals surface area contributed by atoms with Crippen molar-refractivity contribution in [2.45, 2.75) is 6.04 Å². The van der Waals surface area contributed by atoms with Crippen LogP contribution in [-0.2, 0) is 0 Å². The van der Waals surface area contributed by atoms with Gasteiger partial charge in [0.25, 0.3) is 0 Å². The Balaban J connectivity index is 2.84. The van der Waals surface area contributed by atoms with Crippen molar-refractivity contribution >= 4 is 11.3 Å². The Morgan fingerprint density at radius 2 is 2.50 bits per heavy atom. The van der Waals surface area contributed by atoms with Gasteiger partial charge in [-0.15, -0.1) is 17.9 Å². The van der Waals surface area contributed by atoms with E-state index in [0.29, 0.717) is 0 Å². The highest BCUT2D eigenvalue weighted by atomic mass is 32.1. The third-order valence-electron chi connectivity index (χ3n) is 1.17. The average Bonchev–Trinajstić information content (AvgIpc) is 2.34. The third kappa shape index (κ3) is 1.43. The van der Waals surface area contributed by atoms with E-state index >= 15 is 0 Å². The Hall–Kier alpha value is -0.670. The van der Waals surface area contributed by atoms with Gasteiger partial charge in [-0.05, 0) is 6.07 Å². The summed E-state index contributed by atoms with van der Waals surface area (Å²) in [5.74, 6) is -0.225. The molecule has 0 fully saturated rings. The van der Waals surface area contributed by atoms with Crippen LogP contribution in [0.4, 0.5) is 4.39 Å². The Bertz CT molecular complexity index is 231. The summed E-state index contributed by atoms with van der Waals surface area (Å²) in [6.07, 6.45) is 1.59. The van der Waals surface area contributed by atoms with Crippen molar-refractivity contribution in [3.8, 4) is 0 Å². The Kier molecular flexibility index (Phi) is 2.19. The minimum Gasteiger partial charge on any atom is -0.320 e. The summed E-state index contributed by atoms with van der Waals surface area (Å²) in [5.41, 5.74) is 5.53. The van der Waals surface area contributed by atoms with Gasteiger partial charge in [0.05, 0.1) is 6.04 Å². The van der Waals surface area contributed by atoms with Crippen LogP contribution in [0.2, 0.25) is 0 Å². The predicted molar refractivity (Wildman–Crippen MR) is 41.4 cm³/mol. The molecule has 1 aromatic heterocycles. The average molecular weight is 157 g/mol. The van der Waals surface area contributed by atoms with Crippen molar-refractivity contribution in [2.75, 3.05) is 0 Å². The molecule has 0 amide bonds. The summed E-state index contributed by atoms with van der Waals surface area (Å²) in [7, 11) is 0. The third-order valence-corrected chi connectivity index (χ3v) is 2.18. The van der Waals surface area contributed by atoms with E-state index in [1.807, 2.05) is 0 Å². The normalized spacial score (nSPS) is 13.0. The molecule has 1 atom stereocenters. The summed E-state index contributed by atoms with van der Waals surface area (Å²) in [6.45, 7) is 3.51. The number of thiophene rings is 1. The topological polar surface area (TPSA) is 26.0 Å². The van der Waals surface area contributed by atoms with Gasteiger partial charge >= 0.3 is 0 Å². The van der Waals surface area contributed by atoms with Crippen LogP contribution in [-0.4, -0.2) is 0 Å². The lowest BCUT2D eigenvalue weighted by Gasteiger charge is -1.98. The lowest BCUT2D eigenvalue weighted by atomic mass is 10.2. The van der Waals surface area contributed by atoms with E-state index in [1.165, 1.54) is 22.8 Å². The molecular weight excluding hydrogens is 149 g/mol. The molecule has 0 saturated heterocycles. The number of halogens is 1. The smallest absolute Gasteiger partial charge is 0.134 e. The molecule has 0 aliphatic heterocycles. The van der Waals surface area contributed by atoms with Crippen LogP contribution in [0, 0.1) is 5.82 Å². The predicted octanol–water partition coefficient (Wildman–Crippen LogP) is 2.07. The molecule has 0 saturated carbocycles. The molecule has 1 heterocycles. The van der Waals surface area contributed by atoms with Gasteiger partial charge in [-0.3, -0.25) is 0 Å². The molecule has 0 radical (unpaired) electrons. The molecule has 2 N–H and O–H groups in total. The highest BCUT2D eigenvalue weighted by Gasteiger charge is 2.03. The number of rotatable bonds is 2. The second-order valence-corrected chi connectivity index (χ2v) is 2.87. The fourth-order valence-corrected chi connectivity index (χ4v) is 1.37. The van der Waals surface area contributed by atoms with E-state index in [0.717, 1.165) is 4.88 Å². The molecule has 0 aliphatic carbocycles. The van der Waals surface area contributed by atoms with Crippen molar-refractivity contribution in [3.63, 3.8) is 0 Å². The standard InChI is InChI=1S/C7H8FNS/c1-2-6(9)7-3-5(8)4-10-7/h2-4,6H,1,9H2. The van der Waals surface area contributed by atoms with Gasteiger partial charge in [-0.1, -0.05) is 6.08 Å². The zero-order valence-corrected chi connectivity index (χ0v) is 6.20. The van der Waals surface area contributed by atoms with Crippen LogP contribution in [0.25, 0.3) is 0 Å². The minimum absolute atomic E-state index is 0.225. The molecule has 0 aliphatic rings. The number of nitrogens with two attached hydrogens (primary N) is 1. The molecule has 0 aromatic carbocycles. The van der Waals surface area contributed by atoms with Gasteiger partial charge in [-0.25, -0.2) is 4.39 Å². The van der Waals surface area contributed by atoms with Crippen molar-refractivity contribution < 1.29 is 4.39 Å². The van der Waals surface area contributed by atoms with E-state index in [4.69, 9.17) is 5.73 Å². The lowest BCUT2D eigenvalue weighted by molar-refractivity contribution is 0.631. The fraction of sp³-hybridized carbons (Fsp3) is 0.143. The fourth-order valence-electron chi connectivity index (χ4n) is 0.619. The first-order chi connectivity index (χ1) is 4.74. The van der Waals surface area contributed by atoms with Gasteiger partial charge in [-0.2, -0.15) is 0 Å². The molecule has 1 aromatic rings. The van der Waals surface area contributed by atoms with Crippen molar-refractivity contribution in [1.29, 1.82) is 0 Å². The van der Waals surface area contributed by atoms with E-state index in [1.54, 1.807) is 6.08 Å². The molecule has 1 nitrogen and oxygen atoms in total. The Morgan fingerprint density at radius 1 is 1.80 bits per heavy atom. The quantitative estimate of drug-likeness (QED) is 0.653. The van der Waals surface area contributed by atoms with Crippen molar-refractivity contribution in [3.05, 3.63) is 34.8 Å². The lowest BCUT2D eigenvalue weighted by Crippen LogP contribution is -2.03. The van der Waals surface area contributed by atoms with Crippen LogP contribution in [0.1, 0.15) is 10.9 Å². The Labute approximate surface area is 63.0 Å². The second kappa shape index (κ2) is 2.94. The molecule has 0 bridgehead atoms. The van der Waals surface area contributed by atoms with E-state index in [-0.39, 0.29) is 11.9 Å². The minimum atomic E-state index is -0.227. The molecule has 0 spiro atoms. The largest absolute Gasteiger partial charge is 0.320 e. The second-order valence-electron chi connectivity index (χ2n) is 1.93. The summed E-state index contributed by atoms with van der Waals surface area (Å²) in [4.78, 5) is 0.813. The summed E-state index contributed by atoms with van der Waals surface area (Å²) in [6, 6.07) is 1.20. The zero-order chi connectivity index (χ0) is 7.56. The van der Waals surface area contributed by atoms with Crippen LogP contribution < -0.4 is 5.73 Å². The maximum Gasteiger partial charge on any atom is 0.134 e. The molecule has 54 valence electrons. The van der Waals surface area contributed by atoms with Gasteiger partial charge in [0.15, 0.2) is 0 Å². The first-order valence-electron chi connectivity index (χ1n) is 2.86. The maximum atomic E-state index is 12.3. The first-order valence-corrected chi connectivity index (χ1v) is 3.74. The van der Waals surface area contributed by atoms with Crippen molar-refractivity contribution in [1.82, 2.24) is 0 Å². The van der Waals surface area contributed by atoms with E-state index in [9.17, 15) is 4.39 Å². The van der Waals surface area contributed by atoms with Crippen molar-refractivity contribution in [2.24, 2.45) is 5.73 Å². The molecular formula is C7H8FNS. The van der Waals surface area contributed by atoms with Gasteiger partial charge < -0.3 is 5.73 Å². The van der Waals surface area contributed by atoms with Gasteiger partial charge in [0.2, 0.25) is 0 Å². The SMILES string of the molecule is C=CC(N)c1cc(F)cs1. The van der Waals surface area contributed by atoms with E-state index in [2.05, 4.69) is 6.58 Å². The Morgan fingerprint density at radius 3 is 2.90 bits per heavy atom. The molecule has 1 unspecified atom stereocenters. The van der Waals surface area contributed by atoms with Gasteiger partial charge in [0, 0.05) is 10.3 Å². The number of hydrogen-bond acceptors (Lipinski definition) is 2. The monoisotopic (exact) mass is 157 g/mol. The first kappa shape index (κ1) is 7.44. The summed E-state index contributed by atoms with van der Waals surface area (Å²) in [5, 5.41) is 1.43. The summed E-state index contributed by atoms with van der Waals surface area (Å²) >= 11 is 1.31. The zero-order valence-electron chi connectivity index (χ0n) is 5.38. The van der Waals surface area contributed by atoms with Crippen LogP contribution >= 0.6 is 11.3 Å². The van der Waals surface area contributed by atoms with Crippen LogP contribution in [0.15, 0.2) is 24.1 Å². The highest BCUT2D eigenvalue weighted by molar-refractivity contribution is 7.10. The number of hydrogen-bond donors (Lipinski definition) is 1. The molecule has 10 heavy (non-hydrogen) atoms.